The van der Waals surface area contributed by atoms with Gasteiger partial charge in [0.1, 0.15) is 19.4 Å². The van der Waals surface area contributed by atoms with Crippen molar-refractivity contribution in [3.63, 3.8) is 0 Å². The van der Waals surface area contributed by atoms with Gasteiger partial charge in [-0.05, 0) is 56.5 Å². The zero-order valence-electron chi connectivity index (χ0n) is 18.6. The number of rotatable bonds is 5. The maximum Gasteiger partial charge on any atom is 0.253 e. The largest absolute Gasteiger partial charge is 0.384 e. The second kappa shape index (κ2) is 12.1. The highest BCUT2D eigenvalue weighted by Crippen LogP contribution is 2.18. The molecule has 7 nitrogen and oxygen atoms in total. The van der Waals surface area contributed by atoms with Crippen LogP contribution in [-0.4, -0.2) is 29.0 Å². The van der Waals surface area contributed by atoms with Gasteiger partial charge >= 0.3 is 0 Å². The van der Waals surface area contributed by atoms with E-state index in [-0.39, 0.29) is 5.91 Å². The number of aromatic nitrogens is 2. The van der Waals surface area contributed by atoms with Crippen LogP contribution in [0.2, 0.25) is 0 Å². The Balaban J connectivity index is 0.00000113. The molecule has 0 spiro atoms. The molecule has 3 N–H and O–H groups in total. The second-order valence-corrected chi connectivity index (χ2v) is 6.97. The molecule has 2 aromatic heterocycles. The number of nitrogens with one attached hydrogen (secondary N) is 1. The van der Waals surface area contributed by atoms with E-state index in [4.69, 9.17) is 15.3 Å². The topological polar surface area (TPSA) is 107 Å². The first-order valence-corrected chi connectivity index (χ1v) is 9.66. The number of anilines is 1. The minimum Gasteiger partial charge on any atom is -0.384 e. The first-order chi connectivity index (χ1) is 14.9. The molecule has 7 heteroatoms. The number of carbonyl (C=O) groups excluding carboxylic acids is 3. The van der Waals surface area contributed by atoms with Crippen LogP contribution in [0.3, 0.4) is 0 Å². The third kappa shape index (κ3) is 6.37. The molecule has 0 fully saturated rings. The van der Waals surface area contributed by atoms with E-state index in [9.17, 15) is 4.79 Å². The number of amides is 1. The monoisotopic (exact) mass is 422 g/mol. The van der Waals surface area contributed by atoms with E-state index < -0.39 is 0 Å². The number of nitrogens with two attached hydrogens (primary N) is 1. The Hall–Kier alpha value is -3.74. The predicted molar refractivity (Wildman–Crippen MR) is 123 cm³/mol. The lowest BCUT2D eigenvalue weighted by molar-refractivity contribution is -0.0987. The number of pyridine rings is 1. The summed E-state index contributed by atoms with van der Waals surface area (Å²) in [5.41, 5.74) is 12.6. The highest BCUT2D eigenvalue weighted by Gasteiger charge is 2.16. The van der Waals surface area contributed by atoms with E-state index in [0.29, 0.717) is 17.9 Å². The van der Waals surface area contributed by atoms with Gasteiger partial charge in [-0.2, -0.15) is 0 Å². The molecule has 1 amide bonds. The van der Waals surface area contributed by atoms with Crippen LogP contribution in [0, 0.1) is 27.7 Å². The molecule has 31 heavy (non-hydrogen) atoms. The molecule has 164 valence electrons. The fourth-order valence-electron chi connectivity index (χ4n) is 3.46. The fourth-order valence-corrected chi connectivity index (χ4v) is 3.46. The number of carbonyl (C=O) groups is 3. The normalized spacial score (nSPS) is 9.68. The van der Waals surface area contributed by atoms with Crippen LogP contribution in [0.15, 0.2) is 42.5 Å². The van der Waals surface area contributed by atoms with E-state index in [1.807, 2.05) is 71.6 Å². The lowest BCUT2D eigenvalue weighted by Crippen LogP contribution is -2.24. The zero-order valence-corrected chi connectivity index (χ0v) is 18.6. The van der Waals surface area contributed by atoms with Crippen molar-refractivity contribution in [1.29, 1.82) is 0 Å². The van der Waals surface area contributed by atoms with Gasteiger partial charge in [0.15, 0.2) is 0 Å². The van der Waals surface area contributed by atoms with E-state index >= 15 is 0 Å². The number of hydrogen-bond donors (Lipinski definition) is 2. The summed E-state index contributed by atoms with van der Waals surface area (Å²) in [6.07, 6.45) is 0. The molecule has 0 unspecified atom stereocenters. The van der Waals surface area contributed by atoms with Crippen LogP contribution in [0.25, 0.3) is 0 Å². The summed E-state index contributed by atoms with van der Waals surface area (Å²) in [6, 6.07) is 14.0. The molecule has 3 rings (SSSR count). The predicted octanol–water partition coefficient (Wildman–Crippen LogP) is 3.31. The van der Waals surface area contributed by atoms with Gasteiger partial charge in [-0.1, -0.05) is 30.3 Å². The van der Waals surface area contributed by atoms with E-state index in [1.54, 1.807) is 0 Å². The minimum atomic E-state index is -0.0713. The Morgan fingerprint density at radius 1 is 1.03 bits per heavy atom. The third-order valence-electron chi connectivity index (χ3n) is 5.00. The number of nitrogens with zero attached hydrogens (tertiary/aromatic N) is 2. The number of benzene rings is 1. The van der Waals surface area contributed by atoms with Crippen LogP contribution in [-0.2, 0) is 22.7 Å². The second-order valence-electron chi connectivity index (χ2n) is 6.97. The summed E-state index contributed by atoms with van der Waals surface area (Å²) in [5.74, 6) is 0.433. The van der Waals surface area contributed by atoms with Crippen LogP contribution in [0.1, 0.15) is 44.1 Å². The Kier molecular flexibility index (Phi) is 9.85. The lowest BCUT2D eigenvalue weighted by atomic mass is 10.1. The van der Waals surface area contributed by atoms with Gasteiger partial charge in [-0.25, -0.2) is 4.98 Å². The molecule has 0 bridgehead atoms. The van der Waals surface area contributed by atoms with Gasteiger partial charge in [0, 0.05) is 30.2 Å². The van der Waals surface area contributed by atoms with Crippen LogP contribution < -0.4 is 11.1 Å². The quantitative estimate of drug-likeness (QED) is 0.656. The molecule has 1 aromatic carbocycles. The van der Waals surface area contributed by atoms with Crippen LogP contribution in [0.5, 0.6) is 0 Å². The van der Waals surface area contributed by atoms with Crippen LogP contribution in [0.4, 0.5) is 5.82 Å². The Morgan fingerprint density at radius 3 is 2.23 bits per heavy atom. The fraction of sp³-hybridized carbons (Fsp3) is 0.250. The standard InChI is InChI=1S/C22H26N4O.2CH2O/c1-14-10-21(23)25-16(3)20(14)12-24-22(27)19-11-15(2)26(17(19)4)13-18-8-6-5-7-9-18;2*1-2/h5-11H,12-13H2,1-4H3,(H2,23,25)(H,24,27);2*1H2. The molecule has 0 atom stereocenters. The van der Waals surface area contributed by atoms with Gasteiger partial charge in [0.2, 0.25) is 0 Å². The summed E-state index contributed by atoms with van der Waals surface area (Å²) < 4.78 is 2.17. The summed E-state index contributed by atoms with van der Waals surface area (Å²) in [4.78, 5) is 33.1. The van der Waals surface area contributed by atoms with Gasteiger partial charge in [0.25, 0.3) is 5.91 Å². The smallest absolute Gasteiger partial charge is 0.253 e. The molecule has 2 heterocycles. The summed E-state index contributed by atoms with van der Waals surface area (Å²) in [6.45, 7) is 13.1. The van der Waals surface area contributed by atoms with E-state index in [0.717, 1.165) is 34.8 Å². The van der Waals surface area contributed by atoms with E-state index in [1.165, 1.54) is 5.56 Å². The Morgan fingerprint density at radius 2 is 1.65 bits per heavy atom. The summed E-state index contributed by atoms with van der Waals surface area (Å²) in [7, 11) is 0. The third-order valence-corrected chi connectivity index (χ3v) is 5.00. The maximum atomic E-state index is 12.8. The number of hydrogen-bond acceptors (Lipinski definition) is 5. The lowest BCUT2D eigenvalue weighted by Gasteiger charge is -2.12. The molecular formula is C24H30N4O3. The van der Waals surface area contributed by atoms with Crippen LogP contribution >= 0.6 is 0 Å². The SMILES string of the molecule is C=O.C=O.Cc1cc(N)nc(C)c1CNC(=O)c1cc(C)n(Cc2ccccc2)c1C. The van der Waals surface area contributed by atoms with Gasteiger partial charge in [-0.3, -0.25) is 4.79 Å². The average molecular weight is 423 g/mol. The highest BCUT2D eigenvalue weighted by molar-refractivity contribution is 5.95. The molecule has 0 saturated carbocycles. The molecule has 0 aliphatic heterocycles. The molecule has 0 aliphatic rings. The van der Waals surface area contributed by atoms with Crippen molar-refractivity contribution in [2.24, 2.45) is 0 Å². The Labute approximate surface area is 183 Å². The molecule has 0 radical (unpaired) electrons. The van der Waals surface area contributed by atoms with Gasteiger partial charge in [-0.15, -0.1) is 0 Å². The maximum absolute atomic E-state index is 12.8. The number of nitrogen functional groups attached to an aromatic ring is 1. The zero-order chi connectivity index (χ0) is 23.6. The molecule has 0 saturated heterocycles. The minimum absolute atomic E-state index is 0.0713. The Bertz CT molecular complexity index is 988. The summed E-state index contributed by atoms with van der Waals surface area (Å²) >= 11 is 0. The average Bonchev–Trinajstić information content (AvgIpc) is 3.05. The number of aryl methyl sites for hydroxylation is 3. The van der Waals surface area contributed by atoms with Crippen molar-refractivity contribution >= 4 is 25.3 Å². The van der Waals surface area contributed by atoms with Crippen molar-refractivity contribution in [1.82, 2.24) is 14.9 Å². The van der Waals surface area contributed by atoms with Gasteiger partial charge in [0.05, 0.1) is 5.56 Å². The first kappa shape index (κ1) is 25.3. The van der Waals surface area contributed by atoms with Crippen molar-refractivity contribution in [3.05, 3.63) is 81.8 Å². The van der Waals surface area contributed by atoms with Crippen molar-refractivity contribution in [2.75, 3.05) is 5.73 Å². The van der Waals surface area contributed by atoms with Crippen molar-refractivity contribution in [2.45, 2.75) is 40.8 Å². The molecule has 0 aliphatic carbocycles. The highest BCUT2D eigenvalue weighted by atomic mass is 16.1. The van der Waals surface area contributed by atoms with Crippen molar-refractivity contribution in [3.8, 4) is 0 Å². The molecular weight excluding hydrogens is 392 g/mol. The first-order valence-electron chi connectivity index (χ1n) is 9.66. The van der Waals surface area contributed by atoms with Gasteiger partial charge < -0.3 is 25.2 Å². The summed E-state index contributed by atoms with van der Waals surface area (Å²) in [5, 5.41) is 3.03. The van der Waals surface area contributed by atoms with Crippen molar-refractivity contribution < 1.29 is 14.4 Å². The molecule has 3 aromatic rings. The van der Waals surface area contributed by atoms with E-state index in [2.05, 4.69) is 27.0 Å².